The molecule has 2 bridgehead atoms. The third kappa shape index (κ3) is 5.07. The van der Waals surface area contributed by atoms with E-state index in [9.17, 15) is 23.6 Å². The average molecular weight is 577 g/mol. The normalized spacial score (nSPS) is 23.5. The lowest BCUT2D eigenvalue weighted by Gasteiger charge is -2.47. The molecule has 1 amide bonds. The first-order valence-corrected chi connectivity index (χ1v) is 15.4. The van der Waals surface area contributed by atoms with E-state index in [0.29, 0.717) is 35.6 Å². The number of rotatable bonds is 8. The van der Waals surface area contributed by atoms with Crippen molar-refractivity contribution < 1.29 is 18.3 Å². The highest BCUT2D eigenvalue weighted by atomic mass is 32.2. The van der Waals surface area contributed by atoms with Crippen LogP contribution < -0.4 is 5.32 Å². The number of hydrogen-bond donors (Lipinski definition) is 2. The molecule has 2 atom stereocenters. The van der Waals surface area contributed by atoms with E-state index < -0.39 is 15.6 Å². The van der Waals surface area contributed by atoms with Gasteiger partial charge in [-0.2, -0.15) is 14.7 Å². The number of carbonyl (C=O) groups excluding carboxylic acids is 1. The molecule has 6 rings (SSSR count). The molecule has 3 fully saturated rings. The van der Waals surface area contributed by atoms with Crippen molar-refractivity contribution in [2.45, 2.75) is 62.8 Å². The number of nitrogens with one attached hydrogen (secondary N) is 1. The van der Waals surface area contributed by atoms with Crippen LogP contribution in [0.15, 0.2) is 48.9 Å². The molecule has 3 aromatic rings. The summed E-state index contributed by atoms with van der Waals surface area (Å²) in [4.78, 5) is 24.1. The van der Waals surface area contributed by atoms with Gasteiger partial charge in [-0.15, -0.1) is 0 Å². The first kappa shape index (κ1) is 27.3. The molecular formula is C28H32N8O4S. The maximum atomic E-state index is 13.2. The number of anilines is 2. The lowest BCUT2D eigenvalue weighted by molar-refractivity contribution is 0.0287. The molecule has 13 heteroatoms. The van der Waals surface area contributed by atoms with Gasteiger partial charge >= 0.3 is 0 Å². The fourth-order valence-corrected chi connectivity index (χ4v) is 7.46. The van der Waals surface area contributed by atoms with Crippen LogP contribution in [0.5, 0.6) is 0 Å². The number of piperidine rings is 1. The highest BCUT2D eigenvalue weighted by molar-refractivity contribution is 7.89. The number of benzene rings is 1. The van der Waals surface area contributed by atoms with E-state index in [4.69, 9.17) is 0 Å². The Hall–Kier alpha value is -3.86. The highest BCUT2D eigenvalue weighted by Gasteiger charge is 2.49. The average Bonchev–Trinajstić information content (AvgIpc) is 3.54. The van der Waals surface area contributed by atoms with Gasteiger partial charge in [0.1, 0.15) is 5.54 Å². The second-order valence-corrected chi connectivity index (χ2v) is 13.3. The Morgan fingerprint density at radius 2 is 1.88 bits per heavy atom. The van der Waals surface area contributed by atoms with Crippen molar-refractivity contribution in [3.05, 3.63) is 54.5 Å². The Morgan fingerprint density at radius 1 is 1.17 bits per heavy atom. The van der Waals surface area contributed by atoms with Gasteiger partial charge in [-0.05, 0) is 62.9 Å². The number of amides is 1. The molecule has 0 radical (unpaired) electrons. The van der Waals surface area contributed by atoms with Crippen molar-refractivity contribution in [2.75, 3.05) is 24.2 Å². The van der Waals surface area contributed by atoms with Gasteiger partial charge < -0.3 is 15.3 Å². The van der Waals surface area contributed by atoms with E-state index in [-0.39, 0.29) is 49.4 Å². The predicted octanol–water partition coefficient (Wildman–Crippen LogP) is 2.49. The molecule has 12 nitrogen and oxygen atoms in total. The molecule has 0 saturated carbocycles. The van der Waals surface area contributed by atoms with Gasteiger partial charge in [0.2, 0.25) is 16.0 Å². The molecule has 2 N–H and O–H groups in total. The third-order valence-corrected chi connectivity index (χ3v) is 10.2. The summed E-state index contributed by atoms with van der Waals surface area (Å²) in [5.74, 6) is 0.385. The first-order valence-electron chi connectivity index (χ1n) is 13.8. The molecule has 2 aromatic heterocycles. The van der Waals surface area contributed by atoms with Crippen molar-refractivity contribution in [2.24, 2.45) is 0 Å². The van der Waals surface area contributed by atoms with Crippen LogP contribution in [0, 0.1) is 11.3 Å². The summed E-state index contributed by atoms with van der Waals surface area (Å²) in [7, 11) is -3.33. The standard InChI is InChI=1S/C28H32N8O4S/c1-2-41(39,40)34-17-28(18-34,10-11-29)35-16-20(15-31-35)25-9-12-30-27(33-25)32-21-5-3-19(4-6-21)26(38)36-22-7-8-23(36)14-24(37)13-22/h3-6,9,12,15-16,22-24,37H,2,7-8,10,13-14,17-18H2,1H3,(H,30,32,33). The van der Waals surface area contributed by atoms with Crippen LogP contribution in [0.2, 0.25) is 0 Å². The molecule has 3 aliphatic rings. The number of sulfonamides is 1. The largest absolute Gasteiger partial charge is 0.393 e. The Kier molecular flexibility index (Phi) is 7.01. The number of carbonyl (C=O) groups is 1. The summed E-state index contributed by atoms with van der Waals surface area (Å²) in [5.41, 5.74) is 1.96. The van der Waals surface area contributed by atoms with Crippen molar-refractivity contribution in [1.82, 2.24) is 29.0 Å². The number of aromatic nitrogens is 4. The number of hydrogen-bond acceptors (Lipinski definition) is 9. The number of nitriles is 1. The predicted molar refractivity (Wildman–Crippen MR) is 150 cm³/mol. The lowest BCUT2D eigenvalue weighted by Crippen LogP contribution is -2.64. The molecule has 2 unspecified atom stereocenters. The fourth-order valence-electron chi connectivity index (χ4n) is 6.22. The van der Waals surface area contributed by atoms with Crippen LogP contribution in [-0.4, -0.2) is 85.4 Å². The maximum absolute atomic E-state index is 13.2. The summed E-state index contributed by atoms with van der Waals surface area (Å²) < 4.78 is 27.6. The molecule has 214 valence electrons. The molecule has 3 saturated heterocycles. The second-order valence-electron chi connectivity index (χ2n) is 11.1. The lowest BCUT2D eigenvalue weighted by atomic mass is 9.89. The molecular weight excluding hydrogens is 544 g/mol. The van der Waals surface area contributed by atoms with Crippen LogP contribution in [-0.2, 0) is 15.6 Å². The van der Waals surface area contributed by atoms with E-state index in [1.54, 1.807) is 48.4 Å². The maximum Gasteiger partial charge on any atom is 0.254 e. The Bertz CT molecular complexity index is 1580. The van der Waals surface area contributed by atoms with Crippen LogP contribution in [0.25, 0.3) is 11.3 Å². The van der Waals surface area contributed by atoms with E-state index in [1.807, 2.05) is 17.0 Å². The summed E-state index contributed by atoms with van der Waals surface area (Å²) in [6.45, 7) is 2.01. The summed E-state index contributed by atoms with van der Waals surface area (Å²) in [6.07, 6.45) is 8.06. The van der Waals surface area contributed by atoms with Gasteiger partial charge in [-0.1, -0.05) is 0 Å². The molecule has 0 aliphatic carbocycles. The molecule has 41 heavy (non-hydrogen) atoms. The SMILES string of the molecule is CCS(=O)(=O)N1CC(CC#N)(n2cc(-c3ccnc(Nc4ccc(C(=O)N5C6CCC5CC(O)C6)cc4)n3)cn2)C1. The molecule has 0 spiro atoms. The van der Waals surface area contributed by atoms with Gasteiger partial charge in [-0.3, -0.25) is 9.48 Å². The summed E-state index contributed by atoms with van der Waals surface area (Å²) >= 11 is 0. The quantitative estimate of drug-likeness (QED) is 0.411. The minimum atomic E-state index is -3.33. The van der Waals surface area contributed by atoms with E-state index >= 15 is 0 Å². The zero-order valence-corrected chi connectivity index (χ0v) is 23.5. The van der Waals surface area contributed by atoms with Crippen molar-refractivity contribution >= 4 is 27.6 Å². The van der Waals surface area contributed by atoms with Gasteiger partial charge in [0.25, 0.3) is 5.91 Å². The van der Waals surface area contributed by atoms with Crippen LogP contribution in [0.1, 0.15) is 49.4 Å². The summed E-state index contributed by atoms with van der Waals surface area (Å²) in [5, 5.41) is 27.1. The minimum absolute atomic E-state index is 0.00209. The fraction of sp³-hybridized carbons (Fsp3) is 0.464. The smallest absolute Gasteiger partial charge is 0.254 e. The Morgan fingerprint density at radius 3 is 2.54 bits per heavy atom. The number of fused-ring (bicyclic) bond motifs is 2. The van der Waals surface area contributed by atoms with Gasteiger partial charge in [0, 0.05) is 54.4 Å². The van der Waals surface area contributed by atoms with E-state index in [1.165, 1.54) is 4.31 Å². The van der Waals surface area contributed by atoms with Crippen molar-refractivity contribution in [1.29, 1.82) is 5.26 Å². The van der Waals surface area contributed by atoms with Crippen molar-refractivity contribution in [3.63, 3.8) is 0 Å². The van der Waals surface area contributed by atoms with Gasteiger partial charge in [0.05, 0.1) is 36.2 Å². The number of nitrogens with zero attached hydrogens (tertiary/aromatic N) is 7. The molecule has 3 aliphatic heterocycles. The number of aliphatic hydroxyl groups is 1. The third-order valence-electron chi connectivity index (χ3n) is 8.46. The zero-order chi connectivity index (χ0) is 28.8. The van der Waals surface area contributed by atoms with E-state index in [2.05, 4.69) is 26.5 Å². The van der Waals surface area contributed by atoms with Crippen LogP contribution >= 0.6 is 0 Å². The second kappa shape index (κ2) is 10.5. The zero-order valence-electron chi connectivity index (χ0n) is 22.7. The monoisotopic (exact) mass is 576 g/mol. The van der Waals surface area contributed by atoms with Gasteiger partial charge in [0.15, 0.2) is 0 Å². The molecule has 5 heterocycles. The number of aliphatic hydroxyl groups excluding tert-OH is 1. The minimum Gasteiger partial charge on any atom is -0.393 e. The molecule has 1 aromatic carbocycles. The summed E-state index contributed by atoms with van der Waals surface area (Å²) in [6, 6.07) is 11.4. The van der Waals surface area contributed by atoms with Gasteiger partial charge in [-0.25, -0.2) is 18.4 Å². The Balaban J connectivity index is 1.14. The topological polar surface area (TPSA) is 157 Å². The van der Waals surface area contributed by atoms with Crippen LogP contribution in [0.3, 0.4) is 0 Å². The highest BCUT2D eigenvalue weighted by Crippen LogP contribution is 2.37. The first-order chi connectivity index (χ1) is 19.7. The van der Waals surface area contributed by atoms with E-state index in [0.717, 1.165) is 18.5 Å². The van der Waals surface area contributed by atoms with Crippen molar-refractivity contribution in [3.8, 4) is 17.3 Å². The Labute approximate surface area is 238 Å². The van der Waals surface area contributed by atoms with Crippen LogP contribution in [0.4, 0.5) is 11.6 Å².